The van der Waals surface area contributed by atoms with Gasteiger partial charge in [0.2, 0.25) is 5.91 Å². The van der Waals surface area contributed by atoms with Crippen LogP contribution in [0.15, 0.2) is 53.4 Å². The number of ether oxygens (including phenoxy) is 1. The number of hydrogen-bond donors (Lipinski definition) is 1. The Hall–Kier alpha value is -3.13. The molecule has 1 heterocycles. The van der Waals surface area contributed by atoms with E-state index in [1.807, 2.05) is 6.92 Å². The molecule has 6 nitrogen and oxygen atoms in total. The monoisotopic (exact) mass is 442 g/mol. The number of imide groups is 1. The Kier molecular flexibility index (Phi) is 7.83. The number of thioether (sulfide) groups is 1. The van der Waals surface area contributed by atoms with E-state index in [1.165, 1.54) is 12.1 Å². The third-order valence-electron chi connectivity index (χ3n) is 4.52. The molecule has 3 rings (SSSR count). The first-order chi connectivity index (χ1) is 15.0. The number of unbranched alkanes of at least 4 members (excludes halogenated alkanes) is 1. The minimum absolute atomic E-state index is 0.270. The number of nitrogens with one attached hydrogen (secondary N) is 1. The van der Waals surface area contributed by atoms with Gasteiger partial charge in [-0.15, -0.1) is 0 Å². The topological polar surface area (TPSA) is 75.7 Å². The number of benzene rings is 2. The molecule has 2 aromatic carbocycles. The standard InChI is InChI=1S/C23H23FN2O4S/c1-2-3-12-25-21(27)14-26-22(28)20(31-23(26)29)13-16-6-10-19(11-7-16)30-15-17-4-8-18(24)9-5-17/h4-11,13H,2-3,12,14-15H2,1H3,(H,25,27)/b20-13-. The quantitative estimate of drug-likeness (QED) is 0.461. The van der Waals surface area contributed by atoms with Gasteiger partial charge in [-0.1, -0.05) is 37.6 Å². The normalized spacial score (nSPS) is 14.9. The molecule has 8 heteroatoms. The predicted molar refractivity (Wildman–Crippen MR) is 118 cm³/mol. The molecule has 2 aromatic rings. The van der Waals surface area contributed by atoms with Crippen LogP contribution < -0.4 is 10.1 Å². The summed E-state index contributed by atoms with van der Waals surface area (Å²) in [5.74, 6) is -0.495. The molecule has 1 fully saturated rings. The summed E-state index contributed by atoms with van der Waals surface area (Å²) in [5, 5.41) is 2.25. The van der Waals surface area contributed by atoms with E-state index in [9.17, 15) is 18.8 Å². The minimum atomic E-state index is -0.475. The van der Waals surface area contributed by atoms with Crippen LogP contribution in [0.5, 0.6) is 5.75 Å². The first kappa shape index (κ1) is 22.6. The van der Waals surface area contributed by atoms with Gasteiger partial charge in [0.1, 0.15) is 24.7 Å². The Morgan fingerprint density at radius 2 is 1.84 bits per heavy atom. The highest BCUT2D eigenvalue weighted by Gasteiger charge is 2.36. The van der Waals surface area contributed by atoms with E-state index in [4.69, 9.17) is 4.74 Å². The van der Waals surface area contributed by atoms with Crippen LogP contribution in [0.3, 0.4) is 0 Å². The van der Waals surface area contributed by atoms with Gasteiger partial charge in [0.15, 0.2) is 0 Å². The third-order valence-corrected chi connectivity index (χ3v) is 5.43. The van der Waals surface area contributed by atoms with E-state index in [1.54, 1.807) is 42.5 Å². The molecule has 0 aromatic heterocycles. The summed E-state index contributed by atoms with van der Waals surface area (Å²) < 4.78 is 18.6. The number of amides is 3. The molecule has 0 radical (unpaired) electrons. The Morgan fingerprint density at radius 1 is 1.13 bits per heavy atom. The zero-order valence-electron chi connectivity index (χ0n) is 17.1. The maximum absolute atomic E-state index is 12.9. The second-order valence-corrected chi connectivity index (χ2v) is 7.95. The first-order valence-electron chi connectivity index (χ1n) is 9.95. The van der Waals surface area contributed by atoms with Crippen LogP contribution in [0.25, 0.3) is 6.08 Å². The van der Waals surface area contributed by atoms with Gasteiger partial charge in [0.25, 0.3) is 11.1 Å². The lowest BCUT2D eigenvalue weighted by Crippen LogP contribution is -2.39. The Bertz CT molecular complexity index is 974. The molecule has 3 amide bonds. The molecular formula is C23H23FN2O4S. The third kappa shape index (κ3) is 6.42. The maximum atomic E-state index is 12.9. The number of carbonyl (C=O) groups is 3. The van der Waals surface area contributed by atoms with Crippen LogP contribution >= 0.6 is 11.8 Å². The largest absolute Gasteiger partial charge is 0.489 e. The lowest BCUT2D eigenvalue weighted by Gasteiger charge is -2.12. The van der Waals surface area contributed by atoms with Gasteiger partial charge in [-0.3, -0.25) is 19.3 Å². The fourth-order valence-corrected chi connectivity index (χ4v) is 3.64. The molecule has 31 heavy (non-hydrogen) atoms. The molecule has 0 aliphatic carbocycles. The van der Waals surface area contributed by atoms with Crippen molar-refractivity contribution in [3.63, 3.8) is 0 Å². The van der Waals surface area contributed by atoms with Crippen LogP contribution in [-0.4, -0.2) is 35.0 Å². The van der Waals surface area contributed by atoms with Gasteiger partial charge in [-0.05, 0) is 59.7 Å². The van der Waals surface area contributed by atoms with E-state index >= 15 is 0 Å². The van der Waals surface area contributed by atoms with Gasteiger partial charge in [0.05, 0.1) is 4.91 Å². The van der Waals surface area contributed by atoms with E-state index in [0.717, 1.165) is 40.6 Å². The molecule has 0 bridgehead atoms. The summed E-state index contributed by atoms with van der Waals surface area (Å²) in [7, 11) is 0. The molecule has 162 valence electrons. The van der Waals surface area contributed by atoms with Crippen LogP contribution in [0.1, 0.15) is 30.9 Å². The Balaban J connectivity index is 1.57. The van der Waals surface area contributed by atoms with Gasteiger partial charge >= 0.3 is 0 Å². The number of hydrogen-bond acceptors (Lipinski definition) is 5. The van der Waals surface area contributed by atoms with Gasteiger partial charge in [0, 0.05) is 6.54 Å². The molecule has 1 saturated heterocycles. The SMILES string of the molecule is CCCCNC(=O)CN1C(=O)S/C(=C\c2ccc(OCc3ccc(F)cc3)cc2)C1=O. The summed E-state index contributed by atoms with van der Waals surface area (Å²) >= 11 is 0.816. The lowest BCUT2D eigenvalue weighted by atomic mass is 10.2. The van der Waals surface area contributed by atoms with E-state index < -0.39 is 11.1 Å². The second kappa shape index (κ2) is 10.8. The highest BCUT2D eigenvalue weighted by Crippen LogP contribution is 2.32. The van der Waals surface area contributed by atoms with Crippen molar-refractivity contribution in [2.24, 2.45) is 0 Å². The molecule has 0 unspecified atom stereocenters. The summed E-state index contributed by atoms with van der Waals surface area (Å²) in [6, 6.07) is 13.1. The highest BCUT2D eigenvalue weighted by atomic mass is 32.2. The van der Waals surface area contributed by atoms with E-state index in [2.05, 4.69) is 5.32 Å². The second-order valence-electron chi connectivity index (χ2n) is 6.96. The van der Waals surface area contributed by atoms with Gasteiger partial charge in [-0.2, -0.15) is 0 Å². The van der Waals surface area contributed by atoms with Gasteiger partial charge < -0.3 is 10.1 Å². The molecule has 0 spiro atoms. The van der Waals surface area contributed by atoms with Crippen LogP contribution in [0.4, 0.5) is 9.18 Å². The minimum Gasteiger partial charge on any atom is -0.489 e. The van der Waals surface area contributed by atoms with Gasteiger partial charge in [-0.25, -0.2) is 4.39 Å². The predicted octanol–water partition coefficient (Wildman–Crippen LogP) is 4.36. The fourth-order valence-electron chi connectivity index (χ4n) is 2.80. The molecule has 1 N–H and O–H groups in total. The Morgan fingerprint density at radius 3 is 2.52 bits per heavy atom. The van der Waals surface area contributed by atoms with Crippen molar-refractivity contribution in [1.82, 2.24) is 10.2 Å². The molecular weight excluding hydrogens is 419 g/mol. The van der Waals surface area contributed by atoms with Crippen LogP contribution in [0, 0.1) is 5.82 Å². The smallest absolute Gasteiger partial charge is 0.294 e. The van der Waals surface area contributed by atoms with Crippen molar-refractivity contribution in [3.8, 4) is 5.75 Å². The lowest BCUT2D eigenvalue weighted by molar-refractivity contribution is -0.129. The van der Waals surface area contributed by atoms with Crippen molar-refractivity contribution in [1.29, 1.82) is 0 Å². The summed E-state index contributed by atoms with van der Waals surface area (Å²) in [6.45, 7) is 2.56. The average Bonchev–Trinajstić information content (AvgIpc) is 3.02. The fraction of sp³-hybridized carbons (Fsp3) is 0.261. The summed E-state index contributed by atoms with van der Waals surface area (Å²) in [6.07, 6.45) is 3.40. The molecule has 0 saturated carbocycles. The van der Waals surface area contributed by atoms with E-state index in [-0.39, 0.29) is 23.2 Å². The molecule has 1 aliphatic rings. The maximum Gasteiger partial charge on any atom is 0.294 e. The van der Waals surface area contributed by atoms with Crippen molar-refractivity contribution < 1.29 is 23.5 Å². The van der Waals surface area contributed by atoms with Crippen LogP contribution in [-0.2, 0) is 16.2 Å². The number of nitrogens with zero attached hydrogens (tertiary/aromatic N) is 1. The van der Waals surface area contributed by atoms with Crippen molar-refractivity contribution in [2.45, 2.75) is 26.4 Å². The number of carbonyl (C=O) groups excluding carboxylic acids is 3. The summed E-state index contributed by atoms with van der Waals surface area (Å²) in [4.78, 5) is 37.8. The zero-order chi connectivity index (χ0) is 22.2. The Labute approximate surface area is 184 Å². The highest BCUT2D eigenvalue weighted by molar-refractivity contribution is 8.18. The molecule has 1 aliphatic heterocycles. The van der Waals surface area contributed by atoms with E-state index in [0.29, 0.717) is 18.9 Å². The summed E-state index contributed by atoms with van der Waals surface area (Å²) in [5.41, 5.74) is 1.57. The van der Waals surface area contributed by atoms with Crippen LogP contribution in [0.2, 0.25) is 0 Å². The zero-order valence-corrected chi connectivity index (χ0v) is 17.9. The number of halogens is 1. The van der Waals surface area contributed by atoms with Crippen molar-refractivity contribution in [2.75, 3.05) is 13.1 Å². The van der Waals surface area contributed by atoms with Crippen molar-refractivity contribution >= 4 is 34.9 Å². The van der Waals surface area contributed by atoms with Crippen molar-refractivity contribution in [3.05, 3.63) is 70.4 Å². The first-order valence-corrected chi connectivity index (χ1v) is 10.8. The molecule has 0 atom stereocenters. The number of rotatable bonds is 9. The average molecular weight is 443 g/mol.